The van der Waals surface area contributed by atoms with E-state index in [2.05, 4.69) is 0 Å². The van der Waals surface area contributed by atoms with Crippen molar-refractivity contribution in [3.63, 3.8) is 0 Å². The van der Waals surface area contributed by atoms with Crippen molar-refractivity contribution in [3.8, 4) is 0 Å². The molecule has 1 aromatic heterocycles. The van der Waals surface area contributed by atoms with Crippen LogP contribution >= 0.6 is 0 Å². The van der Waals surface area contributed by atoms with E-state index in [4.69, 9.17) is 4.42 Å². The van der Waals surface area contributed by atoms with Crippen LogP contribution < -0.4 is 0 Å². The van der Waals surface area contributed by atoms with Crippen molar-refractivity contribution in [1.82, 2.24) is 4.90 Å². The molecule has 5 heteroatoms. The van der Waals surface area contributed by atoms with Crippen LogP contribution in [-0.4, -0.2) is 46.3 Å². The van der Waals surface area contributed by atoms with Gasteiger partial charge in [-0.05, 0) is 38.0 Å². The molecule has 1 aromatic carbocycles. The summed E-state index contributed by atoms with van der Waals surface area (Å²) in [5.74, 6) is -0.0197. The fourth-order valence-corrected chi connectivity index (χ4v) is 2.95. The van der Waals surface area contributed by atoms with Crippen LogP contribution in [0.25, 0.3) is 11.0 Å². The number of fused-ring (bicyclic) bond motifs is 1. The monoisotopic (exact) mass is 289 g/mol. The standard InChI is InChI=1S/C16H19NO4/c1-9-3-6-13-10(7-9)8-14(21-13)16(20)17(2)11-4-5-12(18)15(11)19/h3,6-8,11-12,15,18-19H,4-5H2,1-2H3/t11-,12-,15-/m1/s1. The number of rotatable bonds is 2. The Balaban J connectivity index is 1.86. The normalized spacial score (nSPS) is 25.4. The van der Waals surface area contributed by atoms with Crippen LogP contribution in [0.5, 0.6) is 0 Å². The van der Waals surface area contributed by atoms with Crippen molar-refractivity contribution in [2.45, 2.75) is 38.0 Å². The van der Waals surface area contributed by atoms with E-state index in [0.717, 1.165) is 10.9 Å². The smallest absolute Gasteiger partial charge is 0.289 e. The predicted octanol–water partition coefficient (Wildman–Crippen LogP) is 1.70. The summed E-state index contributed by atoms with van der Waals surface area (Å²) >= 11 is 0. The Morgan fingerprint density at radius 3 is 2.71 bits per heavy atom. The quantitative estimate of drug-likeness (QED) is 0.882. The molecule has 0 spiro atoms. The molecule has 3 atom stereocenters. The molecule has 1 aliphatic carbocycles. The first-order chi connectivity index (χ1) is 9.97. The molecular weight excluding hydrogens is 270 g/mol. The van der Waals surface area contributed by atoms with Crippen molar-refractivity contribution in [1.29, 1.82) is 0 Å². The molecule has 21 heavy (non-hydrogen) atoms. The van der Waals surface area contributed by atoms with Crippen molar-refractivity contribution >= 4 is 16.9 Å². The molecule has 5 nitrogen and oxygen atoms in total. The number of aryl methyl sites for hydroxylation is 1. The SMILES string of the molecule is Cc1ccc2oc(C(=O)N(C)[C@@H]3CC[C@@H](O)[C@@H]3O)cc2c1. The first-order valence-electron chi connectivity index (χ1n) is 7.11. The highest BCUT2D eigenvalue weighted by molar-refractivity contribution is 5.96. The third kappa shape index (κ3) is 2.43. The Morgan fingerprint density at radius 1 is 1.29 bits per heavy atom. The summed E-state index contributed by atoms with van der Waals surface area (Å²) in [4.78, 5) is 13.9. The summed E-state index contributed by atoms with van der Waals surface area (Å²) in [5.41, 5.74) is 1.77. The summed E-state index contributed by atoms with van der Waals surface area (Å²) in [6.07, 6.45) is -0.568. The molecule has 1 amide bonds. The molecule has 2 aromatic rings. The predicted molar refractivity (Wildman–Crippen MR) is 78.1 cm³/mol. The summed E-state index contributed by atoms with van der Waals surface area (Å²) in [5, 5.41) is 20.4. The number of likely N-dealkylation sites (N-methyl/N-ethyl adjacent to an activating group) is 1. The number of nitrogens with zero attached hydrogens (tertiary/aromatic N) is 1. The van der Waals surface area contributed by atoms with Gasteiger partial charge in [0.05, 0.1) is 12.1 Å². The second kappa shape index (κ2) is 5.16. The third-order valence-electron chi connectivity index (χ3n) is 4.25. The number of benzene rings is 1. The van der Waals surface area contributed by atoms with Crippen LogP contribution in [0.1, 0.15) is 29.0 Å². The van der Waals surface area contributed by atoms with Gasteiger partial charge in [0.2, 0.25) is 0 Å². The maximum absolute atomic E-state index is 12.5. The zero-order chi connectivity index (χ0) is 15.1. The average Bonchev–Trinajstić information content (AvgIpc) is 3.01. The molecule has 1 fully saturated rings. The molecule has 1 saturated carbocycles. The molecule has 3 rings (SSSR count). The first kappa shape index (κ1) is 14.1. The maximum Gasteiger partial charge on any atom is 0.289 e. The van der Waals surface area contributed by atoms with E-state index in [9.17, 15) is 15.0 Å². The van der Waals surface area contributed by atoms with Gasteiger partial charge >= 0.3 is 0 Å². The number of carbonyl (C=O) groups is 1. The van der Waals surface area contributed by atoms with Gasteiger partial charge in [0.15, 0.2) is 5.76 Å². The number of furan rings is 1. The Kier molecular flexibility index (Phi) is 3.47. The fourth-order valence-electron chi connectivity index (χ4n) is 2.95. The number of hydrogen-bond acceptors (Lipinski definition) is 4. The molecule has 2 N–H and O–H groups in total. The number of carbonyl (C=O) groups excluding carboxylic acids is 1. The molecule has 0 unspecified atom stereocenters. The van der Waals surface area contributed by atoms with Crippen molar-refractivity contribution in [3.05, 3.63) is 35.6 Å². The first-order valence-corrected chi connectivity index (χ1v) is 7.11. The van der Waals surface area contributed by atoms with Crippen LogP contribution in [0.3, 0.4) is 0 Å². The minimum absolute atomic E-state index is 0.256. The Hall–Kier alpha value is -1.85. The number of aliphatic hydroxyl groups excluding tert-OH is 2. The fraction of sp³-hybridized carbons (Fsp3) is 0.438. The van der Waals surface area contributed by atoms with Gasteiger partial charge in [-0.3, -0.25) is 4.79 Å². The number of amides is 1. The molecule has 0 radical (unpaired) electrons. The zero-order valence-corrected chi connectivity index (χ0v) is 12.1. The summed E-state index contributed by atoms with van der Waals surface area (Å²) in [6.45, 7) is 1.98. The lowest BCUT2D eigenvalue weighted by atomic mass is 10.1. The Bertz CT molecular complexity index is 678. The number of aliphatic hydroxyl groups is 2. The van der Waals surface area contributed by atoms with Crippen LogP contribution in [-0.2, 0) is 0 Å². The van der Waals surface area contributed by atoms with Gasteiger partial charge in [0.25, 0.3) is 5.91 Å². The van der Waals surface area contributed by atoms with E-state index in [1.807, 2.05) is 25.1 Å². The Morgan fingerprint density at radius 2 is 2.05 bits per heavy atom. The van der Waals surface area contributed by atoms with Gasteiger partial charge < -0.3 is 19.5 Å². The van der Waals surface area contributed by atoms with E-state index in [1.54, 1.807) is 13.1 Å². The topological polar surface area (TPSA) is 73.9 Å². The lowest BCUT2D eigenvalue weighted by Crippen LogP contribution is -2.44. The van der Waals surface area contributed by atoms with Gasteiger partial charge in [-0.25, -0.2) is 0 Å². The number of hydrogen-bond donors (Lipinski definition) is 2. The third-order valence-corrected chi connectivity index (χ3v) is 4.25. The van der Waals surface area contributed by atoms with Crippen LogP contribution in [0, 0.1) is 6.92 Å². The minimum Gasteiger partial charge on any atom is -0.451 e. The van der Waals surface area contributed by atoms with Crippen LogP contribution in [0.2, 0.25) is 0 Å². The van der Waals surface area contributed by atoms with E-state index in [1.165, 1.54) is 4.90 Å². The summed E-state index contributed by atoms with van der Waals surface area (Å²) in [7, 11) is 1.63. The van der Waals surface area contributed by atoms with Crippen molar-refractivity contribution < 1.29 is 19.4 Å². The molecule has 1 aliphatic rings. The van der Waals surface area contributed by atoms with Crippen molar-refractivity contribution in [2.75, 3.05) is 7.05 Å². The summed E-state index contributed by atoms with van der Waals surface area (Å²) < 4.78 is 5.59. The van der Waals surface area contributed by atoms with E-state index in [0.29, 0.717) is 18.4 Å². The van der Waals surface area contributed by atoms with Gasteiger partial charge in [0.1, 0.15) is 11.7 Å². The van der Waals surface area contributed by atoms with E-state index >= 15 is 0 Å². The van der Waals surface area contributed by atoms with Gasteiger partial charge in [-0.2, -0.15) is 0 Å². The Labute approximate surface area is 122 Å². The highest BCUT2D eigenvalue weighted by Crippen LogP contribution is 2.27. The van der Waals surface area contributed by atoms with E-state index < -0.39 is 12.2 Å². The zero-order valence-electron chi connectivity index (χ0n) is 12.1. The second-order valence-corrected chi connectivity index (χ2v) is 5.77. The van der Waals surface area contributed by atoms with Gasteiger partial charge in [0, 0.05) is 12.4 Å². The molecule has 1 heterocycles. The molecule has 0 saturated heterocycles. The molecule has 112 valence electrons. The van der Waals surface area contributed by atoms with Crippen LogP contribution in [0.4, 0.5) is 0 Å². The second-order valence-electron chi connectivity index (χ2n) is 5.77. The largest absolute Gasteiger partial charge is 0.451 e. The van der Waals surface area contributed by atoms with Crippen molar-refractivity contribution in [2.24, 2.45) is 0 Å². The molecular formula is C16H19NO4. The highest BCUT2D eigenvalue weighted by atomic mass is 16.3. The van der Waals surface area contributed by atoms with E-state index in [-0.39, 0.29) is 17.7 Å². The maximum atomic E-state index is 12.5. The average molecular weight is 289 g/mol. The summed E-state index contributed by atoms with van der Waals surface area (Å²) in [6, 6.07) is 7.08. The molecule has 0 bridgehead atoms. The lowest BCUT2D eigenvalue weighted by Gasteiger charge is -2.26. The minimum atomic E-state index is -0.898. The highest BCUT2D eigenvalue weighted by Gasteiger charge is 2.38. The van der Waals surface area contributed by atoms with Gasteiger partial charge in [-0.1, -0.05) is 11.6 Å². The van der Waals surface area contributed by atoms with Crippen LogP contribution in [0.15, 0.2) is 28.7 Å². The van der Waals surface area contributed by atoms with Gasteiger partial charge in [-0.15, -0.1) is 0 Å². The lowest BCUT2D eigenvalue weighted by molar-refractivity contribution is 0.00582. The molecule has 0 aliphatic heterocycles.